The number of nitrogens with zero attached hydrogens (tertiary/aromatic N) is 3. The summed E-state index contributed by atoms with van der Waals surface area (Å²) < 4.78 is 5.77. The van der Waals surface area contributed by atoms with E-state index in [9.17, 15) is 9.59 Å². The quantitative estimate of drug-likeness (QED) is 0.447. The number of nitrogens with one attached hydrogen (secondary N) is 2. The fourth-order valence-electron chi connectivity index (χ4n) is 2.48. The van der Waals surface area contributed by atoms with E-state index in [1.54, 1.807) is 6.07 Å². The van der Waals surface area contributed by atoms with Crippen LogP contribution >= 0.6 is 23.1 Å². The lowest BCUT2D eigenvalue weighted by Crippen LogP contribution is -2.13. The Labute approximate surface area is 169 Å². The van der Waals surface area contributed by atoms with Crippen LogP contribution in [0.3, 0.4) is 0 Å². The molecule has 10 heteroatoms. The molecule has 0 radical (unpaired) electrons. The summed E-state index contributed by atoms with van der Waals surface area (Å²) in [6.45, 7) is 1.97. The van der Waals surface area contributed by atoms with E-state index in [-0.39, 0.29) is 23.3 Å². The van der Waals surface area contributed by atoms with Crippen LogP contribution in [-0.4, -0.2) is 32.9 Å². The number of amides is 2. The highest BCUT2D eigenvalue weighted by Crippen LogP contribution is 2.40. The molecule has 2 amide bonds. The van der Waals surface area contributed by atoms with Crippen molar-refractivity contribution in [1.82, 2.24) is 15.4 Å². The van der Waals surface area contributed by atoms with E-state index in [1.165, 1.54) is 23.1 Å². The van der Waals surface area contributed by atoms with Crippen molar-refractivity contribution in [3.8, 4) is 0 Å². The minimum atomic E-state index is -0.388. The first-order valence-electron chi connectivity index (χ1n) is 8.67. The summed E-state index contributed by atoms with van der Waals surface area (Å²) in [5.41, 5.74) is 2.06. The zero-order chi connectivity index (χ0) is 19.5. The van der Waals surface area contributed by atoms with Gasteiger partial charge in [0.25, 0.3) is 5.91 Å². The Morgan fingerprint density at radius 1 is 1.25 bits per heavy atom. The zero-order valence-electron chi connectivity index (χ0n) is 15.0. The van der Waals surface area contributed by atoms with E-state index in [0.29, 0.717) is 15.4 Å². The molecule has 1 aliphatic rings. The van der Waals surface area contributed by atoms with Crippen LogP contribution in [0.2, 0.25) is 0 Å². The molecular formula is C18H17N5O3S2. The average Bonchev–Trinajstić information content (AvgIpc) is 3.22. The fraction of sp³-hybridized carbons (Fsp3) is 0.278. The highest BCUT2D eigenvalue weighted by Gasteiger charge is 2.29. The Balaban J connectivity index is 1.27. The Kier molecular flexibility index (Phi) is 5.40. The van der Waals surface area contributed by atoms with Gasteiger partial charge in [0.1, 0.15) is 5.76 Å². The van der Waals surface area contributed by atoms with Crippen LogP contribution in [0.1, 0.15) is 40.6 Å². The summed E-state index contributed by atoms with van der Waals surface area (Å²) in [5.74, 6) is 0.819. The number of carbonyl (C=O) groups excluding carboxylic acids is 2. The van der Waals surface area contributed by atoms with Crippen molar-refractivity contribution in [2.75, 3.05) is 16.4 Å². The molecule has 0 unspecified atom stereocenters. The lowest BCUT2D eigenvalue weighted by molar-refractivity contribution is -0.113. The summed E-state index contributed by atoms with van der Waals surface area (Å²) in [5, 5.41) is 17.6. The topological polar surface area (TPSA) is 110 Å². The molecule has 3 aromatic rings. The van der Waals surface area contributed by atoms with Crippen LogP contribution in [0.15, 0.2) is 39.2 Å². The summed E-state index contributed by atoms with van der Waals surface area (Å²) in [7, 11) is 0. The number of hydrogen-bond donors (Lipinski definition) is 2. The van der Waals surface area contributed by atoms with Crippen LogP contribution in [0.5, 0.6) is 0 Å². The third-order valence-corrected chi connectivity index (χ3v) is 5.97. The van der Waals surface area contributed by atoms with E-state index in [4.69, 9.17) is 4.52 Å². The van der Waals surface area contributed by atoms with Gasteiger partial charge in [-0.2, -0.15) is 0 Å². The molecule has 144 valence electrons. The average molecular weight is 416 g/mol. The number of anilines is 2. The predicted molar refractivity (Wildman–Crippen MR) is 107 cm³/mol. The number of benzene rings is 1. The van der Waals surface area contributed by atoms with Crippen LogP contribution in [0.25, 0.3) is 0 Å². The maximum absolute atomic E-state index is 12.2. The SMILES string of the molecule is Cc1cccc(NC(=O)CSc2nnc(NC(=O)c3cc(C4CC4)on3)s2)c1. The van der Waals surface area contributed by atoms with Crippen molar-refractivity contribution >= 4 is 45.7 Å². The molecule has 1 fully saturated rings. The molecule has 0 aliphatic heterocycles. The van der Waals surface area contributed by atoms with Crippen LogP contribution < -0.4 is 10.6 Å². The Morgan fingerprint density at radius 3 is 2.89 bits per heavy atom. The molecule has 0 atom stereocenters. The van der Waals surface area contributed by atoms with Crippen LogP contribution in [-0.2, 0) is 4.79 Å². The molecule has 0 spiro atoms. The number of rotatable bonds is 7. The highest BCUT2D eigenvalue weighted by molar-refractivity contribution is 8.01. The number of aryl methyl sites for hydroxylation is 1. The summed E-state index contributed by atoms with van der Waals surface area (Å²) in [6, 6.07) is 9.26. The molecule has 0 saturated heterocycles. The largest absolute Gasteiger partial charge is 0.360 e. The van der Waals surface area contributed by atoms with E-state index >= 15 is 0 Å². The molecule has 28 heavy (non-hydrogen) atoms. The molecule has 8 nitrogen and oxygen atoms in total. The Morgan fingerprint density at radius 2 is 2.11 bits per heavy atom. The molecular weight excluding hydrogens is 398 g/mol. The van der Waals surface area contributed by atoms with Crippen LogP contribution in [0.4, 0.5) is 10.8 Å². The first kappa shape index (κ1) is 18.6. The smallest absolute Gasteiger partial charge is 0.279 e. The van der Waals surface area contributed by atoms with Gasteiger partial charge in [0.15, 0.2) is 10.0 Å². The number of aromatic nitrogens is 3. The monoisotopic (exact) mass is 415 g/mol. The molecule has 2 aromatic heterocycles. The molecule has 2 heterocycles. The van der Waals surface area contributed by atoms with Gasteiger partial charge >= 0.3 is 0 Å². The first-order valence-corrected chi connectivity index (χ1v) is 10.5. The predicted octanol–water partition coefficient (Wildman–Crippen LogP) is 3.70. The van der Waals surface area contributed by atoms with Crippen molar-refractivity contribution in [2.24, 2.45) is 0 Å². The number of carbonyl (C=O) groups is 2. The molecule has 1 aromatic carbocycles. The van der Waals surface area contributed by atoms with E-state index in [0.717, 1.165) is 29.9 Å². The van der Waals surface area contributed by atoms with Crippen molar-refractivity contribution < 1.29 is 14.1 Å². The summed E-state index contributed by atoms with van der Waals surface area (Å²) in [6.07, 6.45) is 2.15. The van der Waals surface area contributed by atoms with Gasteiger partial charge < -0.3 is 9.84 Å². The van der Waals surface area contributed by atoms with Crippen molar-refractivity contribution in [3.63, 3.8) is 0 Å². The van der Waals surface area contributed by atoms with Gasteiger partial charge in [-0.05, 0) is 37.5 Å². The van der Waals surface area contributed by atoms with Gasteiger partial charge in [-0.25, -0.2) is 0 Å². The second-order valence-corrected chi connectivity index (χ2v) is 8.62. The lowest BCUT2D eigenvalue weighted by Gasteiger charge is -2.04. The maximum atomic E-state index is 12.2. The normalized spacial score (nSPS) is 13.3. The van der Waals surface area contributed by atoms with E-state index < -0.39 is 0 Å². The second kappa shape index (κ2) is 8.11. The molecule has 4 rings (SSSR count). The van der Waals surface area contributed by atoms with E-state index in [1.807, 2.05) is 31.2 Å². The summed E-state index contributed by atoms with van der Waals surface area (Å²) >= 11 is 2.46. The minimum absolute atomic E-state index is 0.133. The van der Waals surface area contributed by atoms with Crippen molar-refractivity contribution in [2.45, 2.75) is 30.0 Å². The standard InChI is InChI=1S/C18H17N5O3S2/c1-10-3-2-4-12(7-10)19-15(24)9-27-18-22-21-17(28-18)20-16(25)13-8-14(26-23-13)11-5-6-11/h2-4,7-8,11H,5-6,9H2,1H3,(H,19,24)(H,20,21,25). The Bertz CT molecular complexity index is 1010. The highest BCUT2D eigenvalue weighted by atomic mass is 32.2. The molecule has 0 bridgehead atoms. The molecule has 1 aliphatic carbocycles. The van der Waals surface area contributed by atoms with Gasteiger partial charge in [-0.1, -0.05) is 40.4 Å². The third-order valence-electron chi connectivity index (χ3n) is 4.00. The molecule has 1 saturated carbocycles. The third kappa shape index (κ3) is 4.76. The summed E-state index contributed by atoms with van der Waals surface area (Å²) in [4.78, 5) is 24.3. The van der Waals surface area contributed by atoms with Gasteiger partial charge in [0.2, 0.25) is 11.0 Å². The zero-order valence-corrected chi connectivity index (χ0v) is 16.6. The fourth-order valence-corrected chi connectivity index (χ4v) is 4.03. The number of thioether (sulfide) groups is 1. The van der Waals surface area contributed by atoms with Crippen LogP contribution in [0, 0.1) is 6.92 Å². The van der Waals surface area contributed by atoms with Gasteiger partial charge in [-0.3, -0.25) is 14.9 Å². The van der Waals surface area contributed by atoms with Gasteiger partial charge in [0.05, 0.1) is 5.75 Å². The second-order valence-electron chi connectivity index (χ2n) is 6.42. The maximum Gasteiger partial charge on any atom is 0.279 e. The molecule has 2 N–H and O–H groups in total. The van der Waals surface area contributed by atoms with E-state index in [2.05, 4.69) is 26.0 Å². The number of hydrogen-bond acceptors (Lipinski definition) is 8. The minimum Gasteiger partial charge on any atom is -0.360 e. The van der Waals surface area contributed by atoms with Gasteiger partial charge in [-0.15, -0.1) is 10.2 Å². The van der Waals surface area contributed by atoms with Crippen molar-refractivity contribution in [3.05, 3.63) is 47.3 Å². The van der Waals surface area contributed by atoms with Gasteiger partial charge in [0, 0.05) is 17.7 Å². The lowest BCUT2D eigenvalue weighted by atomic mass is 10.2. The first-order chi connectivity index (χ1) is 13.6. The van der Waals surface area contributed by atoms with Crippen molar-refractivity contribution in [1.29, 1.82) is 0 Å². The Hall–Kier alpha value is -2.72.